The minimum absolute atomic E-state index is 0. The summed E-state index contributed by atoms with van der Waals surface area (Å²) in [7, 11) is 0. The molecular weight excluding hydrogens is 702 g/mol. The molecule has 0 aromatic heterocycles. The Morgan fingerprint density at radius 1 is 0.378 bits per heavy atom. The van der Waals surface area contributed by atoms with Crippen LogP contribution in [0.1, 0.15) is 170 Å². The van der Waals surface area contributed by atoms with Crippen molar-refractivity contribution in [1.29, 1.82) is 0 Å². The first kappa shape index (κ1) is 43.6. The predicted octanol–water partition coefficient (Wildman–Crippen LogP) is 13.3. The summed E-state index contributed by atoms with van der Waals surface area (Å²) in [6.07, 6.45) is 33.7. The van der Waals surface area contributed by atoms with Gasteiger partial charge < -0.3 is 12.8 Å². The fourth-order valence-corrected chi connectivity index (χ4v) is 23.7. The normalized spacial score (nSPS) is 13.8. The second-order valence-corrected chi connectivity index (χ2v) is 28.4. The first-order valence-corrected chi connectivity index (χ1v) is 29.1. The van der Waals surface area contributed by atoms with E-state index < -0.39 is 39.5 Å². The summed E-state index contributed by atoms with van der Waals surface area (Å²) < 4.78 is 10.1. The maximum absolute atomic E-state index is 2.36. The number of hydrogen-bond acceptors (Lipinski definition) is 0. The molecule has 0 aromatic carbocycles. The van der Waals surface area contributed by atoms with E-state index in [1.54, 1.807) is 26.6 Å². The topological polar surface area (TPSA) is 0 Å². The van der Waals surface area contributed by atoms with Gasteiger partial charge in [-0.15, -0.1) is 0 Å². The van der Waals surface area contributed by atoms with Crippen molar-refractivity contribution in [2.24, 2.45) is 0 Å². The van der Waals surface area contributed by atoms with E-state index in [4.69, 9.17) is 0 Å². The average molecular weight is 774 g/mol. The van der Waals surface area contributed by atoms with Gasteiger partial charge in [-0.1, -0.05) is 25.7 Å². The van der Waals surface area contributed by atoms with Crippen LogP contribution >= 0.6 is 0 Å². The Balaban J connectivity index is -0.000000446. The maximum Gasteiger partial charge on any atom is 2.00 e. The van der Waals surface area contributed by atoms with Crippen molar-refractivity contribution in [3.05, 3.63) is 12.8 Å². The van der Waals surface area contributed by atoms with E-state index in [-0.39, 0.29) is 17.1 Å². The summed E-state index contributed by atoms with van der Waals surface area (Å²) in [5.74, 6) is 0. The molecule has 0 saturated heterocycles. The first-order chi connectivity index (χ1) is 17.7. The maximum atomic E-state index is 2.36. The Bertz CT molecular complexity index is 268. The van der Waals surface area contributed by atoms with Gasteiger partial charge in [-0.05, 0) is 0 Å². The number of rotatable bonds is 18. The quantitative estimate of drug-likeness (QED) is 0.0961. The van der Waals surface area contributed by atoms with Gasteiger partial charge in [-0.2, -0.15) is 25.7 Å². The van der Waals surface area contributed by atoms with Crippen molar-refractivity contribution in [2.45, 2.75) is 197 Å². The van der Waals surface area contributed by atoms with Gasteiger partial charge in [0.1, 0.15) is 0 Å². The Morgan fingerprint density at radius 2 is 0.568 bits per heavy atom. The molecule has 0 heterocycles. The van der Waals surface area contributed by atoms with Crippen molar-refractivity contribution < 1.29 is 17.1 Å². The van der Waals surface area contributed by atoms with Gasteiger partial charge in [-0.25, -0.2) is 0 Å². The van der Waals surface area contributed by atoms with E-state index in [2.05, 4.69) is 54.4 Å². The molecule has 2 aliphatic rings. The third kappa shape index (κ3) is 38.1. The minimum atomic E-state index is -0.839. The van der Waals surface area contributed by atoms with Crippen LogP contribution in [0.2, 0.25) is 26.6 Å². The molecular formula is C34H72FeSn2+2. The standard InChI is InChI=1S/2C5H9.6C4H9.Fe.2Sn/c2*1-2-4-5-3-1;6*1-3-4-2;;;/h2*1H,2-5H2;6*1,3-4H2,2H3;;;/q2*-1;;;;;;;+2;2*+1. The SMILES string of the molecule is CCC[CH2][Sn+]([CH2]CCC)[CH2]CCC.CCC[CH2][Sn+]([CH2]CCC)[CH2]CCC.[CH-]1CCCC1.[CH-]1CCCC1.[Fe+2]. The van der Waals surface area contributed by atoms with Gasteiger partial charge in [-0.3, -0.25) is 0 Å². The zero-order valence-corrected chi connectivity index (χ0v) is 33.7. The second-order valence-electron chi connectivity index (χ2n) is 11.3. The van der Waals surface area contributed by atoms with E-state index >= 15 is 0 Å². The Morgan fingerprint density at radius 3 is 0.676 bits per heavy atom. The van der Waals surface area contributed by atoms with Gasteiger partial charge in [0.25, 0.3) is 0 Å². The molecule has 0 aliphatic heterocycles. The zero-order chi connectivity index (χ0) is 27.0. The molecule has 0 amide bonds. The molecule has 0 atom stereocenters. The minimum Gasteiger partial charge on any atom is -0.328 e. The van der Waals surface area contributed by atoms with Gasteiger partial charge in [0.15, 0.2) is 0 Å². The molecule has 2 fully saturated rings. The van der Waals surface area contributed by atoms with Crippen LogP contribution in [0.5, 0.6) is 0 Å². The molecule has 0 unspecified atom stereocenters. The van der Waals surface area contributed by atoms with E-state index in [1.807, 2.05) is 0 Å². The molecule has 0 N–H and O–H groups in total. The molecule has 37 heavy (non-hydrogen) atoms. The van der Waals surface area contributed by atoms with Crippen LogP contribution in [0.25, 0.3) is 0 Å². The summed E-state index contributed by atoms with van der Waals surface area (Å²) in [6.45, 7) is 14.0. The largest absolute Gasteiger partial charge is 2.00 e. The van der Waals surface area contributed by atoms with Crippen LogP contribution in [-0.2, 0) is 17.1 Å². The van der Waals surface area contributed by atoms with Gasteiger partial charge in [0, 0.05) is 0 Å². The molecule has 2 rings (SSSR count). The Hall–Kier alpha value is 2.12. The van der Waals surface area contributed by atoms with Crippen molar-refractivity contribution in [2.75, 3.05) is 0 Å². The summed E-state index contributed by atoms with van der Waals surface area (Å²) >= 11 is -1.68. The van der Waals surface area contributed by atoms with Crippen LogP contribution in [0.4, 0.5) is 0 Å². The molecule has 0 spiro atoms. The molecule has 222 valence electrons. The van der Waals surface area contributed by atoms with E-state index in [0.29, 0.717) is 0 Å². The molecule has 0 bridgehead atoms. The summed E-state index contributed by atoms with van der Waals surface area (Å²) in [5.41, 5.74) is 0. The molecule has 0 nitrogen and oxygen atoms in total. The molecule has 0 aromatic rings. The predicted molar refractivity (Wildman–Crippen MR) is 175 cm³/mol. The van der Waals surface area contributed by atoms with Crippen molar-refractivity contribution in [3.8, 4) is 0 Å². The van der Waals surface area contributed by atoms with Crippen LogP contribution in [0.15, 0.2) is 0 Å². The number of unbranched alkanes of at least 4 members (excludes halogenated alkanes) is 6. The fourth-order valence-electron chi connectivity index (χ4n) is 4.75. The molecule has 2 aliphatic carbocycles. The second kappa shape index (κ2) is 40.3. The van der Waals surface area contributed by atoms with Crippen LogP contribution in [0.3, 0.4) is 0 Å². The summed E-state index contributed by atoms with van der Waals surface area (Å²) in [5, 5.41) is 0. The van der Waals surface area contributed by atoms with Crippen molar-refractivity contribution in [1.82, 2.24) is 0 Å². The summed E-state index contributed by atoms with van der Waals surface area (Å²) in [6, 6.07) is 0. The third-order valence-electron chi connectivity index (χ3n) is 7.44. The fraction of sp³-hybridized carbons (Fsp3) is 0.941. The zero-order valence-electron chi connectivity index (χ0n) is 26.9. The van der Waals surface area contributed by atoms with Gasteiger partial charge >= 0.3 is 202 Å². The van der Waals surface area contributed by atoms with E-state index in [9.17, 15) is 0 Å². The van der Waals surface area contributed by atoms with Crippen molar-refractivity contribution >= 4 is 39.5 Å². The third-order valence-corrected chi connectivity index (χ3v) is 25.6. The first-order valence-electron chi connectivity index (χ1n) is 17.0. The molecule has 2 saturated carbocycles. The Labute approximate surface area is 263 Å². The van der Waals surface area contributed by atoms with Crippen molar-refractivity contribution in [3.63, 3.8) is 0 Å². The van der Waals surface area contributed by atoms with Crippen LogP contribution < -0.4 is 0 Å². The smallest absolute Gasteiger partial charge is 0.328 e. The van der Waals surface area contributed by atoms with E-state index in [0.717, 1.165) is 0 Å². The molecule has 0 radical (unpaired) electrons. The van der Waals surface area contributed by atoms with Gasteiger partial charge in [0.05, 0.1) is 0 Å². The summed E-state index contributed by atoms with van der Waals surface area (Å²) in [4.78, 5) is 0. The Kier molecular flexibility index (Phi) is 47.4. The number of hydrogen-bond donors (Lipinski definition) is 0. The average Bonchev–Trinajstić information content (AvgIpc) is 3.68. The van der Waals surface area contributed by atoms with E-state index in [1.165, 1.54) is 128 Å². The molecule has 3 heteroatoms. The monoisotopic (exact) mass is 776 g/mol. The van der Waals surface area contributed by atoms with Gasteiger partial charge in [0.2, 0.25) is 0 Å². The van der Waals surface area contributed by atoms with Crippen LogP contribution in [-0.4, -0.2) is 39.5 Å². The van der Waals surface area contributed by atoms with Crippen LogP contribution in [0, 0.1) is 12.8 Å².